The molecular weight excluding hydrogens is 611 g/mol. The summed E-state index contributed by atoms with van der Waals surface area (Å²) in [5.41, 5.74) is 11.4. The molecule has 0 bridgehead atoms. The maximum absolute atomic E-state index is 10.4. The van der Waals surface area contributed by atoms with Crippen LogP contribution in [0.4, 0.5) is 0 Å². The maximum atomic E-state index is 10.4. The molecule has 5 nitrogen and oxygen atoms in total. The fourth-order valence-corrected chi connectivity index (χ4v) is 7.44. The molecule has 0 radical (unpaired) electrons. The number of nitriles is 3. The van der Waals surface area contributed by atoms with Crippen molar-refractivity contribution in [3.63, 3.8) is 0 Å². The van der Waals surface area contributed by atoms with Gasteiger partial charge in [0.05, 0.1) is 50.5 Å². The third kappa shape index (κ3) is 4.31. The van der Waals surface area contributed by atoms with E-state index in [4.69, 9.17) is 0 Å². The summed E-state index contributed by atoms with van der Waals surface area (Å²) >= 11 is 0. The van der Waals surface area contributed by atoms with Crippen LogP contribution in [0, 0.1) is 34.0 Å². The summed E-state index contributed by atoms with van der Waals surface area (Å²) in [4.78, 5) is 0. The van der Waals surface area contributed by atoms with E-state index in [0.717, 1.165) is 77.2 Å². The van der Waals surface area contributed by atoms with Gasteiger partial charge in [-0.25, -0.2) is 0 Å². The van der Waals surface area contributed by atoms with Crippen LogP contribution in [0.2, 0.25) is 0 Å². The number of hydrogen-bond donors (Lipinski definition) is 0. The highest BCUT2D eigenvalue weighted by Crippen LogP contribution is 2.40. The third-order valence-corrected chi connectivity index (χ3v) is 9.63. The van der Waals surface area contributed by atoms with Gasteiger partial charge in [0.2, 0.25) is 0 Å². The maximum Gasteiger partial charge on any atom is 0.101 e. The number of aromatic nitrogens is 2. The van der Waals surface area contributed by atoms with Crippen LogP contribution in [0.5, 0.6) is 0 Å². The molecule has 0 spiro atoms. The summed E-state index contributed by atoms with van der Waals surface area (Å²) in [5.74, 6) is 0. The van der Waals surface area contributed by atoms with E-state index in [0.29, 0.717) is 16.7 Å². The van der Waals surface area contributed by atoms with E-state index in [2.05, 4.69) is 94.1 Å². The normalized spacial score (nSPS) is 11.1. The minimum atomic E-state index is 0.530. The molecule has 0 saturated heterocycles. The largest absolute Gasteiger partial charge is 0.309 e. The Hall–Kier alpha value is -7.39. The van der Waals surface area contributed by atoms with Gasteiger partial charge in [-0.2, -0.15) is 15.8 Å². The molecule has 0 atom stereocenters. The zero-order valence-electron chi connectivity index (χ0n) is 26.7. The molecule has 2 aromatic heterocycles. The zero-order chi connectivity index (χ0) is 33.8. The van der Waals surface area contributed by atoms with Crippen molar-refractivity contribution in [3.05, 3.63) is 168 Å². The van der Waals surface area contributed by atoms with Gasteiger partial charge in [-0.1, -0.05) is 97.1 Å². The fourth-order valence-electron chi connectivity index (χ4n) is 7.44. The van der Waals surface area contributed by atoms with Gasteiger partial charge in [0, 0.05) is 32.8 Å². The van der Waals surface area contributed by atoms with Crippen LogP contribution in [0.3, 0.4) is 0 Å². The Labute approximate surface area is 287 Å². The Morgan fingerprint density at radius 3 is 1.78 bits per heavy atom. The van der Waals surface area contributed by atoms with Gasteiger partial charge in [-0.05, 0) is 71.3 Å². The summed E-state index contributed by atoms with van der Waals surface area (Å²) in [6, 6.07) is 57.9. The van der Waals surface area contributed by atoms with Crippen molar-refractivity contribution in [2.24, 2.45) is 0 Å². The van der Waals surface area contributed by atoms with E-state index in [9.17, 15) is 15.8 Å². The first-order chi connectivity index (χ1) is 24.7. The van der Waals surface area contributed by atoms with E-state index in [1.807, 2.05) is 84.9 Å². The molecule has 0 aliphatic heterocycles. The van der Waals surface area contributed by atoms with Crippen LogP contribution in [0.15, 0.2) is 152 Å². The van der Waals surface area contributed by atoms with Crippen molar-refractivity contribution >= 4 is 43.6 Å². The topological polar surface area (TPSA) is 81.2 Å². The number of hydrogen-bond acceptors (Lipinski definition) is 3. The highest BCUT2D eigenvalue weighted by Gasteiger charge is 2.21. The predicted molar refractivity (Wildman–Crippen MR) is 200 cm³/mol. The van der Waals surface area contributed by atoms with E-state index in [-0.39, 0.29) is 0 Å². The van der Waals surface area contributed by atoms with Crippen molar-refractivity contribution in [2.45, 2.75) is 0 Å². The van der Waals surface area contributed by atoms with Crippen LogP contribution in [-0.2, 0) is 0 Å². The second kappa shape index (κ2) is 11.4. The van der Waals surface area contributed by atoms with E-state index < -0.39 is 0 Å². The molecule has 9 rings (SSSR count). The van der Waals surface area contributed by atoms with Crippen LogP contribution < -0.4 is 0 Å². The van der Waals surface area contributed by atoms with Gasteiger partial charge in [0.25, 0.3) is 0 Å². The Morgan fingerprint density at radius 1 is 0.400 bits per heavy atom. The Balaban J connectivity index is 1.18. The number of para-hydroxylation sites is 4. The van der Waals surface area contributed by atoms with Gasteiger partial charge in [0.1, 0.15) is 12.1 Å². The molecule has 0 amide bonds. The highest BCUT2D eigenvalue weighted by molar-refractivity contribution is 6.12. The lowest BCUT2D eigenvalue weighted by molar-refractivity contribution is 1.16. The highest BCUT2D eigenvalue weighted by atomic mass is 15.0. The minimum Gasteiger partial charge on any atom is -0.309 e. The summed E-state index contributed by atoms with van der Waals surface area (Å²) < 4.78 is 4.34. The lowest BCUT2D eigenvalue weighted by atomic mass is 9.97. The van der Waals surface area contributed by atoms with E-state index >= 15 is 0 Å². The molecule has 0 unspecified atom stereocenters. The van der Waals surface area contributed by atoms with Gasteiger partial charge in [-0.15, -0.1) is 0 Å². The summed E-state index contributed by atoms with van der Waals surface area (Å²) in [7, 11) is 0. The summed E-state index contributed by atoms with van der Waals surface area (Å²) in [6.45, 7) is 0. The molecule has 5 heteroatoms. The average molecular weight is 636 g/mol. The molecule has 0 aliphatic carbocycles. The predicted octanol–water partition coefficient (Wildman–Crippen LogP) is 10.8. The number of nitrogens with zero attached hydrogens (tertiary/aromatic N) is 5. The third-order valence-electron chi connectivity index (χ3n) is 9.63. The number of fused-ring (bicyclic) bond motifs is 6. The first-order valence-electron chi connectivity index (χ1n) is 16.3. The average Bonchev–Trinajstić information content (AvgIpc) is 3.70. The van der Waals surface area contributed by atoms with E-state index in [1.165, 1.54) is 0 Å². The summed E-state index contributed by atoms with van der Waals surface area (Å²) in [6.07, 6.45) is 0. The molecule has 230 valence electrons. The van der Waals surface area contributed by atoms with Gasteiger partial charge in [-0.3, -0.25) is 0 Å². The number of rotatable bonds is 4. The molecular formula is C45H25N5. The van der Waals surface area contributed by atoms with Gasteiger partial charge in [0.15, 0.2) is 0 Å². The first kappa shape index (κ1) is 28.8. The van der Waals surface area contributed by atoms with Crippen LogP contribution in [0.1, 0.15) is 16.7 Å². The molecule has 0 aliphatic rings. The van der Waals surface area contributed by atoms with Gasteiger partial charge >= 0.3 is 0 Å². The van der Waals surface area contributed by atoms with Crippen LogP contribution in [0.25, 0.3) is 77.2 Å². The molecule has 0 N–H and O–H groups in total. The Bertz CT molecular complexity index is 2960. The summed E-state index contributed by atoms with van der Waals surface area (Å²) in [5, 5.41) is 34.2. The van der Waals surface area contributed by atoms with Crippen LogP contribution >= 0.6 is 0 Å². The van der Waals surface area contributed by atoms with Crippen molar-refractivity contribution < 1.29 is 0 Å². The van der Waals surface area contributed by atoms with Gasteiger partial charge < -0.3 is 9.13 Å². The fraction of sp³-hybridized carbons (Fsp3) is 0. The molecule has 7 aromatic carbocycles. The minimum absolute atomic E-state index is 0.530. The lowest BCUT2D eigenvalue weighted by Gasteiger charge is -2.16. The monoisotopic (exact) mass is 635 g/mol. The second-order valence-electron chi connectivity index (χ2n) is 12.3. The van der Waals surface area contributed by atoms with Crippen LogP contribution in [-0.4, -0.2) is 9.13 Å². The smallest absolute Gasteiger partial charge is 0.101 e. The quantitative estimate of drug-likeness (QED) is 0.193. The van der Waals surface area contributed by atoms with E-state index in [1.54, 1.807) is 0 Å². The van der Waals surface area contributed by atoms with Crippen molar-refractivity contribution in [1.82, 2.24) is 9.13 Å². The number of benzene rings is 7. The Morgan fingerprint density at radius 2 is 1.02 bits per heavy atom. The standard InChI is InChI=1S/C45H25N5/c46-26-29-18-23-43-40(24-29)38-13-2-3-16-41(38)49(43)35-11-5-8-32(25-35)30-19-21-31(22-20-30)36-14-6-9-33(27-47)44(36)50-42-17-4-1-12-37(42)39-15-7-10-34(28-48)45(39)50/h1-25H. The zero-order valence-corrected chi connectivity index (χ0v) is 26.7. The molecule has 0 fully saturated rings. The molecule has 50 heavy (non-hydrogen) atoms. The molecule has 0 saturated carbocycles. The molecule has 2 heterocycles. The lowest BCUT2D eigenvalue weighted by Crippen LogP contribution is -2.02. The second-order valence-corrected chi connectivity index (χ2v) is 12.3. The van der Waals surface area contributed by atoms with Crippen molar-refractivity contribution in [2.75, 3.05) is 0 Å². The van der Waals surface area contributed by atoms with Crippen molar-refractivity contribution in [1.29, 1.82) is 15.8 Å². The Kier molecular flexibility index (Phi) is 6.56. The molecule has 9 aromatic rings. The van der Waals surface area contributed by atoms with Crippen molar-refractivity contribution in [3.8, 4) is 51.8 Å². The first-order valence-corrected chi connectivity index (χ1v) is 16.3. The SMILES string of the molecule is N#Cc1ccc2c(c1)c1ccccc1n2-c1cccc(-c2ccc(-c3cccc(C#N)c3-n3c4ccccc4c4cccc(C#N)c43)cc2)c1.